The summed E-state index contributed by atoms with van der Waals surface area (Å²) in [5.74, 6) is -1.13. The van der Waals surface area contributed by atoms with E-state index in [1.54, 1.807) is 17.2 Å². The number of amides is 2. The SMILES string of the molecule is CCN(CC)C(=O)CN(C)C(=O)COC(=O)c1c[nH]c2ccccc12. The number of aromatic amines is 1. The van der Waals surface area contributed by atoms with Gasteiger partial charge in [-0.25, -0.2) is 4.79 Å². The Balaban J connectivity index is 1.90. The van der Waals surface area contributed by atoms with Crippen molar-refractivity contribution in [1.29, 1.82) is 0 Å². The van der Waals surface area contributed by atoms with Gasteiger partial charge in [-0.05, 0) is 19.9 Å². The molecule has 2 aromatic rings. The summed E-state index contributed by atoms with van der Waals surface area (Å²) in [7, 11) is 1.52. The van der Waals surface area contributed by atoms with E-state index in [0.29, 0.717) is 18.7 Å². The first kappa shape index (κ1) is 18.5. The molecule has 0 bridgehead atoms. The van der Waals surface area contributed by atoms with Gasteiger partial charge in [-0.15, -0.1) is 0 Å². The van der Waals surface area contributed by atoms with Crippen molar-refractivity contribution in [3.05, 3.63) is 36.0 Å². The van der Waals surface area contributed by atoms with Gasteiger partial charge in [0.15, 0.2) is 6.61 Å². The summed E-state index contributed by atoms with van der Waals surface area (Å²) in [5, 5.41) is 0.741. The number of H-pyrrole nitrogens is 1. The third-order valence-corrected chi connectivity index (χ3v) is 4.05. The van der Waals surface area contributed by atoms with Gasteiger partial charge in [-0.2, -0.15) is 0 Å². The number of rotatable bonds is 7. The van der Waals surface area contributed by atoms with Crippen LogP contribution < -0.4 is 0 Å². The number of ether oxygens (including phenoxy) is 1. The van der Waals surface area contributed by atoms with Crippen molar-refractivity contribution < 1.29 is 19.1 Å². The molecule has 0 saturated carbocycles. The molecule has 7 nitrogen and oxygen atoms in total. The van der Waals surface area contributed by atoms with E-state index in [-0.39, 0.29) is 12.5 Å². The largest absolute Gasteiger partial charge is 0.452 e. The van der Waals surface area contributed by atoms with E-state index in [4.69, 9.17) is 4.74 Å². The van der Waals surface area contributed by atoms with Crippen molar-refractivity contribution in [2.75, 3.05) is 33.3 Å². The first-order chi connectivity index (χ1) is 12.0. The quantitative estimate of drug-likeness (QED) is 0.774. The average molecular weight is 345 g/mol. The zero-order valence-electron chi connectivity index (χ0n) is 14.7. The van der Waals surface area contributed by atoms with E-state index in [1.165, 1.54) is 11.9 Å². The molecule has 0 spiro atoms. The maximum absolute atomic E-state index is 12.2. The van der Waals surface area contributed by atoms with Gasteiger partial charge in [-0.1, -0.05) is 18.2 Å². The fourth-order valence-electron chi connectivity index (χ4n) is 2.52. The minimum absolute atomic E-state index is 0.0366. The number of esters is 1. The van der Waals surface area contributed by atoms with E-state index in [2.05, 4.69) is 4.98 Å². The summed E-state index contributed by atoms with van der Waals surface area (Å²) in [6.45, 7) is 4.50. The average Bonchev–Trinajstić information content (AvgIpc) is 3.04. The van der Waals surface area contributed by atoms with Crippen LogP contribution in [0.15, 0.2) is 30.5 Å². The zero-order valence-corrected chi connectivity index (χ0v) is 14.7. The molecule has 0 atom stereocenters. The van der Waals surface area contributed by atoms with E-state index >= 15 is 0 Å². The molecule has 0 saturated heterocycles. The van der Waals surface area contributed by atoms with Crippen LogP contribution in [0.4, 0.5) is 0 Å². The van der Waals surface area contributed by atoms with Gasteiger partial charge in [0.05, 0.1) is 12.1 Å². The number of nitrogens with zero attached hydrogens (tertiary/aromatic N) is 2. The standard InChI is InChI=1S/C18H23N3O4/c1-4-21(5-2)16(22)11-20(3)17(23)12-25-18(24)14-10-19-15-9-7-6-8-13(14)15/h6-10,19H,4-5,11-12H2,1-3H3. The fraction of sp³-hybridized carbons (Fsp3) is 0.389. The predicted octanol–water partition coefficient (Wildman–Crippen LogP) is 1.65. The van der Waals surface area contributed by atoms with Crippen molar-refractivity contribution in [2.24, 2.45) is 0 Å². The molecular formula is C18H23N3O4. The van der Waals surface area contributed by atoms with Crippen LogP contribution in [0.3, 0.4) is 0 Å². The number of hydrogen-bond donors (Lipinski definition) is 1. The van der Waals surface area contributed by atoms with E-state index < -0.39 is 18.5 Å². The lowest BCUT2D eigenvalue weighted by Crippen LogP contribution is -2.42. The summed E-state index contributed by atoms with van der Waals surface area (Å²) >= 11 is 0. The highest BCUT2D eigenvalue weighted by Crippen LogP contribution is 2.18. The van der Waals surface area contributed by atoms with Crippen molar-refractivity contribution in [1.82, 2.24) is 14.8 Å². The number of nitrogens with one attached hydrogen (secondary N) is 1. The smallest absolute Gasteiger partial charge is 0.340 e. The van der Waals surface area contributed by atoms with Crippen LogP contribution in [0.2, 0.25) is 0 Å². The molecule has 0 unspecified atom stereocenters. The molecule has 7 heteroatoms. The lowest BCUT2D eigenvalue weighted by atomic mass is 10.2. The highest BCUT2D eigenvalue weighted by Gasteiger charge is 2.19. The number of fused-ring (bicyclic) bond motifs is 1. The summed E-state index contributed by atoms with van der Waals surface area (Å²) < 4.78 is 5.10. The summed E-state index contributed by atoms with van der Waals surface area (Å²) in [4.78, 5) is 42.2. The summed E-state index contributed by atoms with van der Waals surface area (Å²) in [5.41, 5.74) is 1.20. The van der Waals surface area contributed by atoms with Crippen LogP contribution in [0.1, 0.15) is 24.2 Å². The van der Waals surface area contributed by atoms with Crippen LogP contribution in [-0.4, -0.2) is 65.9 Å². The molecular weight excluding hydrogens is 322 g/mol. The molecule has 0 aliphatic rings. The van der Waals surface area contributed by atoms with Crippen molar-refractivity contribution in [3.8, 4) is 0 Å². The lowest BCUT2D eigenvalue weighted by molar-refractivity contribution is -0.140. The van der Waals surface area contributed by atoms with E-state index in [0.717, 1.165) is 10.9 Å². The third kappa shape index (κ3) is 4.37. The Hall–Kier alpha value is -2.83. The first-order valence-corrected chi connectivity index (χ1v) is 8.22. The van der Waals surface area contributed by atoms with Crippen LogP contribution >= 0.6 is 0 Å². The van der Waals surface area contributed by atoms with Crippen molar-refractivity contribution >= 4 is 28.7 Å². The molecule has 0 aliphatic heterocycles. The molecule has 1 heterocycles. The molecule has 0 radical (unpaired) electrons. The number of carbonyl (C=O) groups is 3. The van der Waals surface area contributed by atoms with Crippen molar-refractivity contribution in [3.63, 3.8) is 0 Å². The number of likely N-dealkylation sites (N-methyl/N-ethyl adjacent to an activating group) is 2. The lowest BCUT2D eigenvalue weighted by Gasteiger charge is -2.23. The maximum Gasteiger partial charge on any atom is 0.340 e. The van der Waals surface area contributed by atoms with Gasteiger partial charge in [0.1, 0.15) is 0 Å². The van der Waals surface area contributed by atoms with Crippen LogP contribution in [0.25, 0.3) is 10.9 Å². The number of carbonyl (C=O) groups excluding carboxylic acids is 3. The van der Waals surface area contributed by atoms with Gasteiger partial charge < -0.3 is 19.5 Å². The minimum Gasteiger partial charge on any atom is -0.452 e. The molecule has 25 heavy (non-hydrogen) atoms. The number of para-hydroxylation sites is 1. The van der Waals surface area contributed by atoms with Gasteiger partial charge >= 0.3 is 5.97 Å². The van der Waals surface area contributed by atoms with E-state index in [1.807, 2.05) is 32.0 Å². The third-order valence-electron chi connectivity index (χ3n) is 4.05. The van der Waals surface area contributed by atoms with Crippen LogP contribution in [0.5, 0.6) is 0 Å². The van der Waals surface area contributed by atoms with Gasteiger partial charge in [0.25, 0.3) is 5.91 Å². The second-order valence-electron chi connectivity index (χ2n) is 5.64. The number of benzene rings is 1. The Bertz CT molecular complexity index is 765. The highest BCUT2D eigenvalue weighted by molar-refractivity contribution is 6.04. The molecule has 134 valence electrons. The molecule has 1 N–H and O–H groups in total. The van der Waals surface area contributed by atoms with Gasteiger partial charge in [0, 0.05) is 37.2 Å². The first-order valence-electron chi connectivity index (χ1n) is 8.22. The fourth-order valence-corrected chi connectivity index (χ4v) is 2.52. The summed E-state index contributed by atoms with van der Waals surface area (Å²) in [6.07, 6.45) is 1.56. The van der Waals surface area contributed by atoms with Crippen LogP contribution in [-0.2, 0) is 14.3 Å². The molecule has 2 rings (SSSR count). The van der Waals surface area contributed by atoms with Crippen molar-refractivity contribution in [2.45, 2.75) is 13.8 Å². The Morgan fingerprint density at radius 1 is 1.08 bits per heavy atom. The molecule has 1 aromatic heterocycles. The molecule has 0 aliphatic carbocycles. The topological polar surface area (TPSA) is 82.7 Å². The summed E-state index contributed by atoms with van der Waals surface area (Å²) in [6, 6.07) is 7.34. The second-order valence-corrected chi connectivity index (χ2v) is 5.64. The Kier molecular flexibility index (Phi) is 6.16. The Morgan fingerprint density at radius 3 is 2.44 bits per heavy atom. The predicted molar refractivity (Wildman–Crippen MR) is 94.1 cm³/mol. The molecule has 0 fully saturated rings. The molecule has 1 aromatic carbocycles. The number of hydrogen-bond acceptors (Lipinski definition) is 4. The Labute approximate surface area is 146 Å². The molecule has 2 amide bonds. The zero-order chi connectivity index (χ0) is 18.4. The second kappa shape index (κ2) is 8.32. The minimum atomic E-state index is -0.575. The van der Waals surface area contributed by atoms with Gasteiger partial charge in [-0.3, -0.25) is 9.59 Å². The number of aromatic nitrogens is 1. The van der Waals surface area contributed by atoms with E-state index in [9.17, 15) is 14.4 Å². The Morgan fingerprint density at radius 2 is 1.76 bits per heavy atom. The normalized spacial score (nSPS) is 10.5. The van der Waals surface area contributed by atoms with Crippen LogP contribution in [0, 0.1) is 0 Å². The van der Waals surface area contributed by atoms with Gasteiger partial charge in [0.2, 0.25) is 5.91 Å². The monoisotopic (exact) mass is 345 g/mol. The maximum atomic E-state index is 12.2. The highest BCUT2D eigenvalue weighted by atomic mass is 16.5.